The van der Waals surface area contributed by atoms with Crippen LogP contribution in [0.5, 0.6) is 0 Å². The second kappa shape index (κ2) is 4.63. The lowest BCUT2D eigenvalue weighted by Crippen LogP contribution is -1.99. The normalized spacial score (nSPS) is 10.8. The number of aliphatic hydroxyl groups is 1. The first-order valence-electron chi connectivity index (χ1n) is 5.20. The molecule has 1 N–H and O–H groups in total. The van der Waals surface area contributed by atoms with Gasteiger partial charge < -0.3 is 9.67 Å². The molecule has 0 bridgehead atoms. The lowest BCUT2D eigenvalue weighted by atomic mass is 10.1. The number of halogens is 2. The predicted octanol–water partition coefficient (Wildman–Crippen LogP) is 1.90. The number of benzene rings is 1. The summed E-state index contributed by atoms with van der Waals surface area (Å²) in [6.07, 6.45) is 2.15. The Morgan fingerprint density at radius 2 is 2.06 bits per heavy atom. The fourth-order valence-corrected chi connectivity index (χ4v) is 1.63. The van der Waals surface area contributed by atoms with Crippen molar-refractivity contribution in [2.24, 2.45) is 7.05 Å². The molecular formula is C12H12F2N2O. The average Bonchev–Trinajstić information content (AvgIpc) is 2.65. The summed E-state index contributed by atoms with van der Waals surface area (Å²) < 4.78 is 27.6. The molecule has 90 valence electrons. The Kier molecular flexibility index (Phi) is 3.19. The SMILES string of the molecule is Cn1cc(-c2ccc(F)c(F)c2)nc1CCO. The number of nitrogens with zero attached hydrogens (tertiary/aromatic N) is 2. The lowest BCUT2D eigenvalue weighted by Gasteiger charge is -1.97. The van der Waals surface area contributed by atoms with E-state index in [0.29, 0.717) is 23.5 Å². The van der Waals surface area contributed by atoms with Crippen LogP contribution in [0.4, 0.5) is 8.78 Å². The van der Waals surface area contributed by atoms with Crippen LogP contribution in [0, 0.1) is 11.6 Å². The summed E-state index contributed by atoms with van der Waals surface area (Å²) in [5, 5.41) is 8.84. The van der Waals surface area contributed by atoms with Gasteiger partial charge in [-0.2, -0.15) is 0 Å². The van der Waals surface area contributed by atoms with E-state index in [-0.39, 0.29) is 6.61 Å². The number of aliphatic hydroxyl groups excluding tert-OH is 1. The van der Waals surface area contributed by atoms with Gasteiger partial charge in [-0.25, -0.2) is 13.8 Å². The highest BCUT2D eigenvalue weighted by Gasteiger charge is 2.09. The maximum atomic E-state index is 13.1. The summed E-state index contributed by atoms with van der Waals surface area (Å²) in [7, 11) is 1.79. The van der Waals surface area contributed by atoms with Crippen LogP contribution in [-0.2, 0) is 13.5 Å². The first kappa shape index (κ1) is 11.7. The van der Waals surface area contributed by atoms with Crippen molar-refractivity contribution in [3.8, 4) is 11.3 Å². The highest BCUT2D eigenvalue weighted by molar-refractivity contribution is 5.58. The van der Waals surface area contributed by atoms with E-state index in [2.05, 4.69) is 4.98 Å². The van der Waals surface area contributed by atoms with Crippen molar-refractivity contribution in [2.75, 3.05) is 6.61 Å². The van der Waals surface area contributed by atoms with Gasteiger partial charge in [-0.1, -0.05) is 0 Å². The van der Waals surface area contributed by atoms with Crippen LogP contribution in [0.1, 0.15) is 5.82 Å². The Balaban J connectivity index is 2.39. The van der Waals surface area contributed by atoms with Crippen LogP contribution < -0.4 is 0 Å². The highest BCUT2D eigenvalue weighted by atomic mass is 19.2. The minimum atomic E-state index is -0.892. The molecule has 17 heavy (non-hydrogen) atoms. The average molecular weight is 238 g/mol. The number of aryl methyl sites for hydroxylation is 1. The molecule has 0 aliphatic carbocycles. The molecule has 5 heteroatoms. The third-order valence-corrected chi connectivity index (χ3v) is 2.52. The molecule has 0 amide bonds. The lowest BCUT2D eigenvalue weighted by molar-refractivity contribution is 0.295. The monoisotopic (exact) mass is 238 g/mol. The summed E-state index contributed by atoms with van der Waals surface area (Å²) in [6, 6.07) is 3.66. The van der Waals surface area contributed by atoms with E-state index in [0.717, 1.165) is 12.1 Å². The molecule has 0 spiro atoms. The molecule has 2 rings (SSSR count). The van der Waals surface area contributed by atoms with Crippen molar-refractivity contribution >= 4 is 0 Å². The molecule has 1 heterocycles. The highest BCUT2D eigenvalue weighted by Crippen LogP contribution is 2.20. The van der Waals surface area contributed by atoms with Crippen LogP contribution in [-0.4, -0.2) is 21.3 Å². The van der Waals surface area contributed by atoms with Crippen molar-refractivity contribution in [3.63, 3.8) is 0 Å². The molecule has 1 aromatic carbocycles. The van der Waals surface area contributed by atoms with Gasteiger partial charge in [0.05, 0.1) is 12.3 Å². The second-order valence-corrected chi connectivity index (χ2v) is 3.76. The Morgan fingerprint density at radius 3 is 2.71 bits per heavy atom. The molecule has 0 saturated carbocycles. The fourth-order valence-electron chi connectivity index (χ4n) is 1.63. The van der Waals surface area contributed by atoms with Gasteiger partial charge in [0.15, 0.2) is 11.6 Å². The molecular weight excluding hydrogens is 226 g/mol. The first-order valence-corrected chi connectivity index (χ1v) is 5.20. The Labute approximate surface area is 97.3 Å². The van der Waals surface area contributed by atoms with E-state index < -0.39 is 11.6 Å². The van der Waals surface area contributed by atoms with E-state index in [1.165, 1.54) is 6.07 Å². The first-order chi connectivity index (χ1) is 8.11. The van der Waals surface area contributed by atoms with Crippen molar-refractivity contribution in [2.45, 2.75) is 6.42 Å². The third kappa shape index (κ3) is 2.34. The van der Waals surface area contributed by atoms with Gasteiger partial charge in [0.1, 0.15) is 5.82 Å². The molecule has 0 aliphatic heterocycles. The van der Waals surface area contributed by atoms with Crippen LogP contribution in [0.25, 0.3) is 11.3 Å². The number of hydrogen-bond acceptors (Lipinski definition) is 2. The van der Waals surface area contributed by atoms with Crippen LogP contribution in [0.15, 0.2) is 24.4 Å². The van der Waals surface area contributed by atoms with E-state index in [1.807, 2.05) is 0 Å². The fraction of sp³-hybridized carbons (Fsp3) is 0.250. The zero-order chi connectivity index (χ0) is 12.4. The second-order valence-electron chi connectivity index (χ2n) is 3.76. The predicted molar refractivity (Wildman–Crippen MR) is 59.3 cm³/mol. The van der Waals surface area contributed by atoms with Crippen LogP contribution in [0.3, 0.4) is 0 Å². The van der Waals surface area contributed by atoms with Gasteiger partial charge in [0.2, 0.25) is 0 Å². The number of hydrogen-bond donors (Lipinski definition) is 1. The molecule has 0 saturated heterocycles. The van der Waals surface area contributed by atoms with Gasteiger partial charge in [-0.05, 0) is 18.2 Å². The molecule has 1 aromatic heterocycles. The molecule has 3 nitrogen and oxygen atoms in total. The van der Waals surface area contributed by atoms with Gasteiger partial charge >= 0.3 is 0 Å². The molecule has 0 atom stereocenters. The summed E-state index contributed by atoms with van der Waals surface area (Å²) >= 11 is 0. The summed E-state index contributed by atoms with van der Waals surface area (Å²) in [5.74, 6) is -1.07. The Bertz CT molecular complexity index is 537. The molecule has 0 radical (unpaired) electrons. The van der Waals surface area contributed by atoms with Gasteiger partial charge in [-0.15, -0.1) is 0 Å². The van der Waals surface area contributed by atoms with E-state index in [1.54, 1.807) is 17.8 Å². The van der Waals surface area contributed by atoms with E-state index >= 15 is 0 Å². The Morgan fingerprint density at radius 1 is 1.29 bits per heavy atom. The van der Waals surface area contributed by atoms with Crippen LogP contribution in [0.2, 0.25) is 0 Å². The standard InChI is InChI=1S/C12H12F2N2O/c1-16-7-11(15-12(16)4-5-17)8-2-3-9(13)10(14)6-8/h2-3,6-7,17H,4-5H2,1H3. The minimum Gasteiger partial charge on any atom is -0.396 e. The Hall–Kier alpha value is -1.75. The van der Waals surface area contributed by atoms with Crippen molar-refractivity contribution < 1.29 is 13.9 Å². The summed E-state index contributed by atoms with van der Waals surface area (Å²) in [5.41, 5.74) is 1.08. The topological polar surface area (TPSA) is 38.0 Å². The van der Waals surface area contributed by atoms with Crippen molar-refractivity contribution in [1.29, 1.82) is 0 Å². The minimum absolute atomic E-state index is 0.00206. The smallest absolute Gasteiger partial charge is 0.159 e. The quantitative estimate of drug-likeness (QED) is 0.886. The zero-order valence-corrected chi connectivity index (χ0v) is 9.32. The number of imidazole rings is 1. The van der Waals surface area contributed by atoms with Gasteiger partial charge in [-0.3, -0.25) is 0 Å². The van der Waals surface area contributed by atoms with Gasteiger partial charge in [0.25, 0.3) is 0 Å². The van der Waals surface area contributed by atoms with Crippen molar-refractivity contribution in [3.05, 3.63) is 41.9 Å². The summed E-state index contributed by atoms with van der Waals surface area (Å²) in [4.78, 5) is 4.25. The maximum Gasteiger partial charge on any atom is 0.159 e. The third-order valence-electron chi connectivity index (χ3n) is 2.52. The van der Waals surface area contributed by atoms with Crippen LogP contribution >= 0.6 is 0 Å². The molecule has 0 fully saturated rings. The van der Waals surface area contributed by atoms with Crippen molar-refractivity contribution in [1.82, 2.24) is 9.55 Å². The largest absolute Gasteiger partial charge is 0.396 e. The molecule has 0 unspecified atom stereocenters. The maximum absolute atomic E-state index is 13.1. The molecule has 2 aromatic rings. The van der Waals surface area contributed by atoms with Gasteiger partial charge in [0, 0.05) is 25.2 Å². The van der Waals surface area contributed by atoms with E-state index in [4.69, 9.17) is 5.11 Å². The zero-order valence-electron chi connectivity index (χ0n) is 9.32. The number of rotatable bonds is 3. The van der Waals surface area contributed by atoms with E-state index in [9.17, 15) is 8.78 Å². The molecule has 0 aliphatic rings. The number of aromatic nitrogens is 2. The summed E-state index contributed by atoms with van der Waals surface area (Å²) in [6.45, 7) is 0.00206.